The molecule has 1 aliphatic carbocycles. The summed E-state index contributed by atoms with van der Waals surface area (Å²) >= 11 is 3.47. The van der Waals surface area contributed by atoms with E-state index in [4.69, 9.17) is 4.42 Å². The van der Waals surface area contributed by atoms with Gasteiger partial charge in [-0.3, -0.25) is 4.79 Å². The molecule has 0 saturated carbocycles. The Hall–Kier alpha value is -2.07. The predicted octanol–water partition coefficient (Wildman–Crippen LogP) is 5.17. The summed E-state index contributed by atoms with van der Waals surface area (Å²) in [6, 6.07) is 10.1. The van der Waals surface area contributed by atoms with Gasteiger partial charge in [0.2, 0.25) is 5.91 Å². The van der Waals surface area contributed by atoms with Gasteiger partial charge in [-0.1, -0.05) is 15.9 Å². The second kappa shape index (κ2) is 6.10. The maximum Gasteiger partial charge on any atom is 0.228 e. The minimum Gasteiger partial charge on any atom is -0.464 e. The third-order valence-corrected chi connectivity index (χ3v) is 5.55. The van der Waals surface area contributed by atoms with Crippen LogP contribution < -0.4 is 5.32 Å². The number of carbonyl (C=O) groups excluding carboxylic acids is 1. The lowest BCUT2D eigenvalue weighted by Crippen LogP contribution is -2.14. The number of amides is 1. The number of carbonyl (C=O) groups is 1. The fourth-order valence-electron chi connectivity index (χ4n) is 3.39. The van der Waals surface area contributed by atoms with Crippen LogP contribution in [-0.4, -0.2) is 5.91 Å². The summed E-state index contributed by atoms with van der Waals surface area (Å²) in [6.07, 6.45) is 5.50. The van der Waals surface area contributed by atoms with Gasteiger partial charge in [-0.2, -0.15) is 0 Å². The van der Waals surface area contributed by atoms with E-state index in [-0.39, 0.29) is 5.91 Å². The molecule has 0 fully saturated rings. The summed E-state index contributed by atoms with van der Waals surface area (Å²) in [6.45, 7) is 2.00. The number of nitrogens with one attached hydrogen (secondary N) is 1. The lowest BCUT2D eigenvalue weighted by molar-refractivity contribution is -0.115. The number of benzene rings is 2. The largest absolute Gasteiger partial charge is 0.464 e. The molecule has 24 heavy (non-hydrogen) atoms. The Balaban J connectivity index is 1.55. The van der Waals surface area contributed by atoms with E-state index in [1.165, 1.54) is 17.5 Å². The smallest absolute Gasteiger partial charge is 0.228 e. The fourth-order valence-corrected chi connectivity index (χ4v) is 3.63. The molecular formula is C20H18BrNO2. The maximum atomic E-state index is 12.4. The molecule has 0 bridgehead atoms. The third-order valence-electron chi connectivity index (χ3n) is 4.66. The van der Waals surface area contributed by atoms with Crippen LogP contribution in [0, 0.1) is 6.92 Å². The van der Waals surface area contributed by atoms with Crippen molar-refractivity contribution in [2.45, 2.75) is 32.6 Å². The molecule has 0 spiro atoms. The van der Waals surface area contributed by atoms with E-state index < -0.39 is 0 Å². The molecule has 1 heterocycles. The first-order chi connectivity index (χ1) is 11.6. The van der Waals surface area contributed by atoms with Gasteiger partial charge >= 0.3 is 0 Å². The van der Waals surface area contributed by atoms with Gasteiger partial charge in [0, 0.05) is 21.1 Å². The molecule has 2 aromatic carbocycles. The van der Waals surface area contributed by atoms with Gasteiger partial charge in [-0.25, -0.2) is 0 Å². The number of rotatable bonds is 3. The first kappa shape index (κ1) is 15.5. The number of halogens is 1. The van der Waals surface area contributed by atoms with Gasteiger partial charge < -0.3 is 9.73 Å². The van der Waals surface area contributed by atoms with Crippen LogP contribution in [0.3, 0.4) is 0 Å². The van der Waals surface area contributed by atoms with Gasteiger partial charge in [0.25, 0.3) is 0 Å². The molecule has 1 amide bonds. The number of fused-ring (bicyclic) bond motifs is 2. The zero-order valence-electron chi connectivity index (χ0n) is 13.5. The zero-order chi connectivity index (χ0) is 16.7. The molecule has 1 N–H and O–H groups in total. The van der Waals surface area contributed by atoms with Crippen LogP contribution in [0.15, 0.2) is 45.5 Å². The van der Waals surface area contributed by atoms with Crippen molar-refractivity contribution in [1.82, 2.24) is 0 Å². The first-order valence-electron chi connectivity index (χ1n) is 8.18. The standard InChI is InChI=1S/C20H18BrNO2/c1-12-7-16(5-6-18(12)21)22-20(23)10-15-11-24-19-9-14-4-2-3-13(14)8-17(15)19/h5-9,11H,2-4,10H2,1H3,(H,22,23). The summed E-state index contributed by atoms with van der Waals surface area (Å²) < 4.78 is 6.71. The molecule has 0 radical (unpaired) electrons. The third kappa shape index (κ3) is 2.86. The van der Waals surface area contributed by atoms with Crippen LogP contribution >= 0.6 is 15.9 Å². The maximum absolute atomic E-state index is 12.4. The molecule has 4 rings (SSSR count). The molecule has 0 unspecified atom stereocenters. The number of hydrogen-bond acceptors (Lipinski definition) is 2. The van der Waals surface area contributed by atoms with Crippen LogP contribution in [-0.2, 0) is 24.1 Å². The Morgan fingerprint density at radius 3 is 2.79 bits per heavy atom. The van der Waals surface area contributed by atoms with E-state index in [1.807, 2.05) is 25.1 Å². The molecule has 0 aliphatic heterocycles. The second-order valence-corrected chi connectivity index (χ2v) is 7.27. The monoisotopic (exact) mass is 383 g/mol. The number of anilines is 1. The zero-order valence-corrected chi connectivity index (χ0v) is 15.1. The average Bonchev–Trinajstić information content (AvgIpc) is 3.15. The number of hydrogen-bond donors (Lipinski definition) is 1. The van der Waals surface area contributed by atoms with Gasteiger partial charge in [0.15, 0.2) is 0 Å². The van der Waals surface area contributed by atoms with E-state index >= 15 is 0 Å². The van der Waals surface area contributed by atoms with E-state index in [0.717, 1.165) is 45.1 Å². The molecule has 1 aromatic heterocycles. The molecule has 3 aromatic rings. The Morgan fingerprint density at radius 2 is 2.00 bits per heavy atom. The summed E-state index contributed by atoms with van der Waals surface area (Å²) in [4.78, 5) is 12.4. The molecule has 0 atom stereocenters. The van der Waals surface area contributed by atoms with Crippen molar-refractivity contribution in [2.75, 3.05) is 5.32 Å². The van der Waals surface area contributed by atoms with Crippen molar-refractivity contribution < 1.29 is 9.21 Å². The highest BCUT2D eigenvalue weighted by atomic mass is 79.9. The van der Waals surface area contributed by atoms with Crippen molar-refractivity contribution in [3.05, 3.63) is 63.3 Å². The first-order valence-corrected chi connectivity index (χ1v) is 8.97. The van der Waals surface area contributed by atoms with Gasteiger partial charge in [0.05, 0.1) is 12.7 Å². The Kier molecular flexibility index (Phi) is 3.93. The second-order valence-electron chi connectivity index (χ2n) is 6.42. The van der Waals surface area contributed by atoms with Crippen LogP contribution in [0.1, 0.15) is 28.7 Å². The molecule has 3 nitrogen and oxygen atoms in total. The lowest BCUT2D eigenvalue weighted by Gasteiger charge is -2.07. The quantitative estimate of drug-likeness (QED) is 0.677. The lowest BCUT2D eigenvalue weighted by atomic mass is 10.0. The highest BCUT2D eigenvalue weighted by Gasteiger charge is 2.16. The summed E-state index contributed by atoms with van der Waals surface area (Å²) in [5.41, 5.74) is 6.53. The van der Waals surface area contributed by atoms with E-state index in [0.29, 0.717) is 6.42 Å². The highest BCUT2D eigenvalue weighted by Crippen LogP contribution is 2.30. The van der Waals surface area contributed by atoms with Gasteiger partial charge in [0.1, 0.15) is 5.58 Å². The van der Waals surface area contributed by atoms with Crippen molar-refractivity contribution in [2.24, 2.45) is 0 Å². The van der Waals surface area contributed by atoms with Gasteiger partial charge in [-0.15, -0.1) is 0 Å². The summed E-state index contributed by atoms with van der Waals surface area (Å²) in [5.74, 6) is -0.0279. The topological polar surface area (TPSA) is 42.2 Å². The SMILES string of the molecule is Cc1cc(NC(=O)Cc2coc3cc4c(cc23)CCC4)ccc1Br. The number of furan rings is 1. The number of aryl methyl sites for hydroxylation is 3. The van der Waals surface area contributed by atoms with E-state index in [9.17, 15) is 4.79 Å². The van der Waals surface area contributed by atoms with Crippen LogP contribution in [0.2, 0.25) is 0 Å². The Bertz CT molecular complexity index is 942. The van der Waals surface area contributed by atoms with Crippen LogP contribution in [0.4, 0.5) is 5.69 Å². The predicted molar refractivity (Wildman–Crippen MR) is 99.5 cm³/mol. The fraction of sp³-hybridized carbons (Fsp3) is 0.250. The minimum atomic E-state index is -0.0279. The van der Waals surface area contributed by atoms with Crippen molar-refractivity contribution in [3.63, 3.8) is 0 Å². The Morgan fingerprint density at radius 1 is 1.21 bits per heavy atom. The molecule has 4 heteroatoms. The van der Waals surface area contributed by atoms with Crippen LogP contribution in [0.5, 0.6) is 0 Å². The molecular weight excluding hydrogens is 366 g/mol. The highest BCUT2D eigenvalue weighted by molar-refractivity contribution is 9.10. The summed E-state index contributed by atoms with van der Waals surface area (Å²) in [7, 11) is 0. The van der Waals surface area contributed by atoms with Crippen molar-refractivity contribution in [3.8, 4) is 0 Å². The Labute approximate surface area is 149 Å². The van der Waals surface area contributed by atoms with Crippen molar-refractivity contribution in [1.29, 1.82) is 0 Å². The average molecular weight is 384 g/mol. The molecule has 0 saturated heterocycles. The normalized spacial score (nSPS) is 13.2. The molecule has 122 valence electrons. The van der Waals surface area contributed by atoms with E-state index in [2.05, 4.69) is 33.4 Å². The van der Waals surface area contributed by atoms with Crippen molar-refractivity contribution >= 4 is 38.5 Å². The van der Waals surface area contributed by atoms with E-state index in [1.54, 1.807) is 6.26 Å². The minimum absolute atomic E-state index is 0.0279. The van der Waals surface area contributed by atoms with Crippen LogP contribution in [0.25, 0.3) is 11.0 Å². The summed E-state index contributed by atoms with van der Waals surface area (Å²) in [5, 5.41) is 4.03. The van der Waals surface area contributed by atoms with Gasteiger partial charge in [-0.05, 0) is 73.2 Å². The molecule has 1 aliphatic rings.